The van der Waals surface area contributed by atoms with Crippen molar-refractivity contribution in [3.8, 4) is 0 Å². The van der Waals surface area contributed by atoms with Gasteiger partial charge in [0.15, 0.2) is 0 Å². The maximum Gasteiger partial charge on any atom is 0.0975 e. The molecule has 2 heteroatoms. The van der Waals surface area contributed by atoms with Crippen LogP contribution in [0.1, 0.15) is 43.9 Å². The molecule has 0 amide bonds. The number of ether oxygens (including phenoxy) is 1. The molecule has 1 aliphatic heterocycles. The third kappa shape index (κ3) is 3.08. The van der Waals surface area contributed by atoms with E-state index in [0.29, 0.717) is 12.1 Å². The molecule has 2 nitrogen and oxygen atoms in total. The van der Waals surface area contributed by atoms with Crippen molar-refractivity contribution in [2.24, 2.45) is 0 Å². The van der Waals surface area contributed by atoms with E-state index in [1.165, 1.54) is 17.5 Å². The zero-order valence-electron chi connectivity index (χ0n) is 11.1. The summed E-state index contributed by atoms with van der Waals surface area (Å²) in [6.45, 7) is 7.43. The van der Waals surface area contributed by atoms with Crippen LogP contribution in [0.3, 0.4) is 0 Å². The van der Waals surface area contributed by atoms with E-state index in [4.69, 9.17) is 4.74 Å². The van der Waals surface area contributed by atoms with Gasteiger partial charge in [-0.15, -0.1) is 0 Å². The third-order valence-electron chi connectivity index (χ3n) is 3.62. The molecule has 1 aromatic carbocycles. The van der Waals surface area contributed by atoms with Gasteiger partial charge in [0.1, 0.15) is 0 Å². The zero-order chi connectivity index (χ0) is 12.3. The fourth-order valence-electron chi connectivity index (χ4n) is 2.49. The molecule has 0 saturated carbocycles. The molecule has 0 radical (unpaired) electrons. The standard InChI is InChI=1S/C15H23NO/c1-4-14-9-10-17-15(12(3)16-14)13-7-5-11(2)6-8-13/h5-8,12,14-16H,4,9-10H2,1-3H3. The Morgan fingerprint density at radius 2 is 2.00 bits per heavy atom. The first-order chi connectivity index (χ1) is 8.20. The van der Waals surface area contributed by atoms with E-state index >= 15 is 0 Å². The second kappa shape index (κ2) is 5.65. The first-order valence-electron chi connectivity index (χ1n) is 6.65. The molecular weight excluding hydrogens is 210 g/mol. The van der Waals surface area contributed by atoms with E-state index in [2.05, 4.69) is 50.4 Å². The van der Waals surface area contributed by atoms with E-state index < -0.39 is 0 Å². The number of hydrogen-bond donors (Lipinski definition) is 1. The van der Waals surface area contributed by atoms with Crippen LogP contribution in [-0.4, -0.2) is 18.7 Å². The molecule has 1 saturated heterocycles. The summed E-state index contributed by atoms with van der Waals surface area (Å²) in [7, 11) is 0. The molecule has 0 spiro atoms. The summed E-state index contributed by atoms with van der Waals surface area (Å²) in [5, 5.41) is 3.67. The lowest BCUT2D eigenvalue weighted by molar-refractivity contribution is 0.0461. The lowest BCUT2D eigenvalue weighted by Gasteiger charge is -2.24. The van der Waals surface area contributed by atoms with Crippen LogP contribution in [-0.2, 0) is 4.74 Å². The summed E-state index contributed by atoms with van der Waals surface area (Å²) in [5.41, 5.74) is 2.58. The maximum atomic E-state index is 6.01. The largest absolute Gasteiger partial charge is 0.372 e. The number of nitrogens with one attached hydrogen (secondary N) is 1. The van der Waals surface area contributed by atoms with E-state index in [1.807, 2.05) is 0 Å². The zero-order valence-corrected chi connectivity index (χ0v) is 11.1. The third-order valence-corrected chi connectivity index (χ3v) is 3.62. The van der Waals surface area contributed by atoms with Crippen LogP contribution in [0, 0.1) is 6.92 Å². The first kappa shape index (κ1) is 12.6. The summed E-state index contributed by atoms with van der Waals surface area (Å²) in [6.07, 6.45) is 2.48. The van der Waals surface area contributed by atoms with Gasteiger partial charge >= 0.3 is 0 Å². The average molecular weight is 233 g/mol. The van der Waals surface area contributed by atoms with Crippen molar-refractivity contribution in [1.82, 2.24) is 5.32 Å². The Kier molecular flexibility index (Phi) is 4.19. The second-order valence-corrected chi connectivity index (χ2v) is 5.05. The smallest absolute Gasteiger partial charge is 0.0975 e. The molecule has 3 atom stereocenters. The van der Waals surface area contributed by atoms with Crippen molar-refractivity contribution in [3.63, 3.8) is 0 Å². The number of hydrogen-bond acceptors (Lipinski definition) is 2. The van der Waals surface area contributed by atoms with Crippen molar-refractivity contribution in [1.29, 1.82) is 0 Å². The molecule has 1 aromatic rings. The highest BCUT2D eigenvalue weighted by Crippen LogP contribution is 2.25. The quantitative estimate of drug-likeness (QED) is 0.847. The Labute approximate surface area is 104 Å². The highest BCUT2D eigenvalue weighted by atomic mass is 16.5. The number of rotatable bonds is 2. The summed E-state index contributed by atoms with van der Waals surface area (Å²) in [5.74, 6) is 0. The molecule has 1 aliphatic rings. The fraction of sp³-hybridized carbons (Fsp3) is 0.600. The van der Waals surface area contributed by atoms with Gasteiger partial charge in [-0.2, -0.15) is 0 Å². The summed E-state index contributed by atoms with van der Waals surface area (Å²) < 4.78 is 6.01. The lowest BCUT2D eigenvalue weighted by Crippen LogP contribution is -2.37. The van der Waals surface area contributed by atoms with Crippen LogP contribution in [0.25, 0.3) is 0 Å². The molecule has 1 N–H and O–H groups in total. The fourth-order valence-corrected chi connectivity index (χ4v) is 2.49. The molecule has 17 heavy (non-hydrogen) atoms. The number of aryl methyl sites for hydroxylation is 1. The Hall–Kier alpha value is -0.860. The topological polar surface area (TPSA) is 21.3 Å². The minimum Gasteiger partial charge on any atom is -0.372 e. The van der Waals surface area contributed by atoms with Crippen LogP contribution >= 0.6 is 0 Å². The van der Waals surface area contributed by atoms with Crippen LogP contribution < -0.4 is 5.32 Å². The molecule has 3 unspecified atom stereocenters. The Morgan fingerprint density at radius 3 is 2.65 bits per heavy atom. The summed E-state index contributed by atoms with van der Waals surface area (Å²) in [6, 6.07) is 9.67. The highest BCUT2D eigenvalue weighted by Gasteiger charge is 2.25. The molecule has 2 rings (SSSR count). The Balaban J connectivity index is 2.12. The molecule has 1 heterocycles. The maximum absolute atomic E-state index is 6.01. The van der Waals surface area contributed by atoms with Gasteiger partial charge in [0, 0.05) is 18.7 Å². The first-order valence-corrected chi connectivity index (χ1v) is 6.65. The molecule has 94 valence electrons. The Morgan fingerprint density at radius 1 is 1.29 bits per heavy atom. The van der Waals surface area contributed by atoms with Crippen LogP contribution in [0.2, 0.25) is 0 Å². The van der Waals surface area contributed by atoms with Gasteiger partial charge in [0.05, 0.1) is 6.10 Å². The van der Waals surface area contributed by atoms with Gasteiger partial charge in [0.2, 0.25) is 0 Å². The minimum absolute atomic E-state index is 0.187. The van der Waals surface area contributed by atoms with Gasteiger partial charge in [0.25, 0.3) is 0 Å². The molecule has 0 bridgehead atoms. The van der Waals surface area contributed by atoms with Gasteiger partial charge in [-0.25, -0.2) is 0 Å². The van der Waals surface area contributed by atoms with Gasteiger partial charge in [-0.05, 0) is 32.3 Å². The van der Waals surface area contributed by atoms with Crippen molar-refractivity contribution >= 4 is 0 Å². The SMILES string of the molecule is CCC1CCOC(c2ccc(C)cc2)C(C)N1. The molecule has 1 fully saturated rings. The van der Waals surface area contributed by atoms with Crippen molar-refractivity contribution in [2.45, 2.75) is 51.8 Å². The molecular formula is C15H23NO. The monoisotopic (exact) mass is 233 g/mol. The van der Waals surface area contributed by atoms with Gasteiger partial charge < -0.3 is 10.1 Å². The summed E-state index contributed by atoms with van der Waals surface area (Å²) >= 11 is 0. The van der Waals surface area contributed by atoms with Crippen molar-refractivity contribution < 1.29 is 4.74 Å². The van der Waals surface area contributed by atoms with Crippen LogP contribution in [0.4, 0.5) is 0 Å². The van der Waals surface area contributed by atoms with E-state index in [9.17, 15) is 0 Å². The minimum atomic E-state index is 0.187. The predicted octanol–water partition coefficient (Wildman–Crippen LogP) is 3.21. The van der Waals surface area contributed by atoms with Crippen LogP contribution in [0.15, 0.2) is 24.3 Å². The average Bonchev–Trinajstić information content (AvgIpc) is 2.52. The normalized spacial score (nSPS) is 29.9. The molecule has 0 aromatic heterocycles. The highest BCUT2D eigenvalue weighted by molar-refractivity contribution is 5.24. The summed E-state index contributed by atoms with van der Waals surface area (Å²) in [4.78, 5) is 0. The van der Waals surface area contributed by atoms with Crippen LogP contribution in [0.5, 0.6) is 0 Å². The van der Waals surface area contributed by atoms with Gasteiger partial charge in [-0.1, -0.05) is 36.8 Å². The second-order valence-electron chi connectivity index (χ2n) is 5.05. The number of benzene rings is 1. The van der Waals surface area contributed by atoms with Crippen molar-refractivity contribution in [3.05, 3.63) is 35.4 Å². The van der Waals surface area contributed by atoms with E-state index in [-0.39, 0.29) is 6.10 Å². The van der Waals surface area contributed by atoms with Crippen molar-refractivity contribution in [2.75, 3.05) is 6.61 Å². The lowest BCUT2D eigenvalue weighted by atomic mass is 10.0. The predicted molar refractivity (Wildman–Crippen MR) is 71.2 cm³/mol. The van der Waals surface area contributed by atoms with Gasteiger partial charge in [-0.3, -0.25) is 0 Å². The van der Waals surface area contributed by atoms with E-state index in [1.54, 1.807) is 0 Å². The Bertz CT molecular complexity index is 346. The molecule has 0 aliphatic carbocycles. The van der Waals surface area contributed by atoms with E-state index in [0.717, 1.165) is 13.0 Å².